The molecular formula is C22H29N3O3S. The van der Waals surface area contributed by atoms with E-state index in [2.05, 4.69) is 10.6 Å². The first-order valence-electron chi connectivity index (χ1n) is 10.2. The molecule has 0 spiro atoms. The number of hydrogen-bond acceptors (Lipinski definition) is 5. The highest BCUT2D eigenvalue weighted by Crippen LogP contribution is 2.27. The first kappa shape index (κ1) is 21.3. The Morgan fingerprint density at radius 1 is 1.14 bits per heavy atom. The summed E-state index contributed by atoms with van der Waals surface area (Å²) < 4.78 is 5.21. The number of carbonyl (C=O) groups excluding carboxylic acids is 2. The lowest BCUT2D eigenvalue weighted by Crippen LogP contribution is -2.27. The second-order valence-corrected chi connectivity index (χ2v) is 9.42. The molecule has 1 aliphatic rings. The van der Waals surface area contributed by atoms with Gasteiger partial charge in [0.15, 0.2) is 0 Å². The number of carbonyl (C=O) groups is 2. The third-order valence-corrected chi connectivity index (χ3v) is 5.75. The van der Waals surface area contributed by atoms with Gasteiger partial charge in [0.2, 0.25) is 0 Å². The van der Waals surface area contributed by atoms with Gasteiger partial charge in [-0.15, -0.1) is 11.3 Å². The maximum atomic E-state index is 12.3. The molecule has 29 heavy (non-hydrogen) atoms. The first-order valence-corrected chi connectivity index (χ1v) is 11.0. The van der Waals surface area contributed by atoms with Gasteiger partial charge in [-0.3, -0.25) is 10.1 Å². The number of aromatic nitrogens is 1. The molecule has 0 fully saturated rings. The fourth-order valence-electron chi connectivity index (χ4n) is 3.18. The largest absolute Gasteiger partial charge is 0.444 e. The Balaban J connectivity index is 1.41. The van der Waals surface area contributed by atoms with Crippen LogP contribution in [0.3, 0.4) is 0 Å². The van der Waals surface area contributed by atoms with Crippen molar-refractivity contribution in [2.45, 2.75) is 64.9 Å². The topological polar surface area (TPSA) is 80.3 Å². The molecule has 1 aliphatic carbocycles. The number of ether oxygens (including phenoxy) is 1. The Hall–Kier alpha value is -2.41. The van der Waals surface area contributed by atoms with Crippen molar-refractivity contribution in [2.75, 3.05) is 11.9 Å². The highest BCUT2D eigenvalue weighted by atomic mass is 32.1. The quantitative estimate of drug-likeness (QED) is 0.668. The maximum absolute atomic E-state index is 12.3. The molecule has 1 heterocycles. The molecule has 0 saturated heterocycles. The van der Waals surface area contributed by atoms with Crippen molar-refractivity contribution in [2.24, 2.45) is 0 Å². The predicted octanol–water partition coefficient (Wildman–Crippen LogP) is 4.73. The molecule has 2 N–H and O–H groups in total. The lowest BCUT2D eigenvalue weighted by molar-refractivity contribution is 0.0635. The molecule has 0 saturated carbocycles. The molecule has 6 nitrogen and oxygen atoms in total. The summed E-state index contributed by atoms with van der Waals surface area (Å²) in [6.07, 6.45) is 6.06. The van der Waals surface area contributed by atoms with Crippen LogP contribution in [-0.4, -0.2) is 29.1 Å². The maximum Gasteiger partial charge on any atom is 0.412 e. The van der Waals surface area contributed by atoms with Crippen molar-refractivity contribution >= 4 is 29.0 Å². The zero-order chi connectivity index (χ0) is 20.9. The Kier molecular flexibility index (Phi) is 6.90. The van der Waals surface area contributed by atoms with Crippen molar-refractivity contribution < 1.29 is 14.3 Å². The van der Waals surface area contributed by atoms with E-state index in [0.717, 1.165) is 19.3 Å². The number of anilines is 1. The number of nitrogens with one attached hydrogen (secondary N) is 2. The highest BCUT2D eigenvalue weighted by Gasteiger charge is 2.17. The standard InChI is InChI=1S/C22H29N3O3S/c1-22(2,3)28-21(27)24-16-12-10-15(11-13-16)20(26)23-14-6-9-19-25-17-7-4-5-8-18(17)29-19/h10-13H,4-9,14H2,1-3H3,(H,23,26)(H,24,27). The Morgan fingerprint density at radius 2 is 1.86 bits per heavy atom. The van der Waals surface area contributed by atoms with E-state index in [1.165, 1.54) is 34.8 Å². The summed E-state index contributed by atoms with van der Waals surface area (Å²) in [4.78, 5) is 30.3. The molecule has 0 unspecified atom stereocenters. The van der Waals surface area contributed by atoms with Crippen LogP contribution < -0.4 is 10.6 Å². The number of benzene rings is 1. The Bertz CT molecular complexity index is 830. The summed E-state index contributed by atoms with van der Waals surface area (Å²) in [7, 11) is 0. The van der Waals surface area contributed by atoms with Gasteiger partial charge < -0.3 is 10.1 Å². The van der Waals surface area contributed by atoms with Gasteiger partial charge in [0.1, 0.15) is 5.60 Å². The molecule has 1 aromatic carbocycles. The van der Waals surface area contributed by atoms with Crippen LogP contribution >= 0.6 is 11.3 Å². The van der Waals surface area contributed by atoms with Crippen LogP contribution in [0.5, 0.6) is 0 Å². The van der Waals surface area contributed by atoms with Crippen LogP contribution in [0.25, 0.3) is 0 Å². The van der Waals surface area contributed by atoms with E-state index in [9.17, 15) is 9.59 Å². The molecule has 0 aliphatic heterocycles. The number of nitrogens with zero attached hydrogens (tertiary/aromatic N) is 1. The zero-order valence-corrected chi connectivity index (χ0v) is 18.2. The summed E-state index contributed by atoms with van der Waals surface area (Å²) in [5.41, 5.74) is 1.88. The third-order valence-electron chi connectivity index (χ3n) is 4.54. The summed E-state index contributed by atoms with van der Waals surface area (Å²) in [6.45, 7) is 6.04. The van der Waals surface area contributed by atoms with E-state index in [-0.39, 0.29) is 5.91 Å². The fraction of sp³-hybridized carbons (Fsp3) is 0.500. The Labute approximate surface area is 176 Å². The van der Waals surface area contributed by atoms with Crippen molar-refractivity contribution in [1.82, 2.24) is 10.3 Å². The van der Waals surface area contributed by atoms with Gasteiger partial charge in [0.25, 0.3) is 5.91 Å². The van der Waals surface area contributed by atoms with Gasteiger partial charge in [-0.25, -0.2) is 9.78 Å². The Morgan fingerprint density at radius 3 is 2.55 bits per heavy atom. The monoisotopic (exact) mass is 415 g/mol. The second kappa shape index (κ2) is 9.39. The third kappa shape index (κ3) is 6.56. The van der Waals surface area contributed by atoms with Crippen molar-refractivity contribution in [3.63, 3.8) is 0 Å². The summed E-state index contributed by atoms with van der Waals surface area (Å²) in [5, 5.41) is 6.79. The minimum Gasteiger partial charge on any atom is -0.444 e. The smallest absolute Gasteiger partial charge is 0.412 e. The normalized spacial score (nSPS) is 13.5. The van der Waals surface area contributed by atoms with Crippen molar-refractivity contribution in [3.05, 3.63) is 45.4 Å². The van der Waals surface area contributed by atoms with Crippen molar-refractivity contribution in [3.8, 4) is 0 Å². The number of fused-ring (bicyclic) bond motifs is 1. The SMILES string of the molecule is CC(C)(C)OC(=O)Nc1ccc(C(=O)NCCCc2nc3c(s2)CCCC3)cc1. The average Bonchev–Trinajstić information content (AvgIpc) is 3.07. The minimum atomic E-state index is -0.554. The molecule has 0 atom stereocenters. The van der Waals surface area contributed by atoms with Gasteiger partial charge in [-0.1, -0.05) is 0 Å². The molecule has 3 rings (SSSR count). The van der Waals surface area contributed by atoms with E-state index in [4.69, 9.17) is 9.72 Å². The molecule has 0 bridgehead atoms. The van der Waals surface area contributed by atoms with Crippen LogP contribution in [0.4, 0.5) is 10.5 Å². The van der Waals surface area contributed by atoms with Gasteiger partial charge in [0, 0.05) is 29.1 Å². The molecule has 1 aromatic heterocycles. The van der Waals surface area contributed by atoms with Gasteiger partial charge >= 0.3 is 6.09 Å². The molecular weight excluding hydrogens is 386 g/mol. The number of amides is 2. The van der Waals surface area contributed by atoms with Crippen LogP contribution in [0.15, 0.2) is 24.3 Å². The fourth-order valence-corrected chi connectivity index (χ4v) is 4.38. The zero-order valence-electron chi connectivity index (χ0n) is 17.3. The van der Waals surface area contributed by atoms with E-state index in [1.54, 1.807) is 24.3 Å². The van der Waals surface area contributed by atoms with Crippen LogP contribution in [0, 0.1) is 0 Å². The average molecular weight is 416 g/mol. The molecule has 156 valence electrons. The van der Waals surface area contributed by atoms with Gasteiger partial charge in [0.05, 0.1) is 10.7 Å². The van der Waals surface area contributed by atoms with Crippen LogP contribution in [0.1, 0.15) is 66.0 Å². The minimum absolute atomic E-state index is 0.118. The van der Waals surface area contributed by atoms with Gasteiger partial charge in [-0.05, 0) is 77.1 Å². The molecule has 2 aromatic rings. The van der Waals surface area contributed by atoms with E-state index >= 15 is 0 Å². The van der Waals surface area contributed by atoms with E-state index in [0.29, 0.717) is 17.8 Å². The van der Waals surface area contributed by atoms with Crippen molar-refractivity contribution in [1.29, 1.82) is 0 Å². The predicted molar refractivity (Wildman–Crippen MR) is 116 cm³/mol. The van der Waals surface area contributed by atoms with Gasteiger partial charge in [-0.2, -0.15) is 0 Å². The highest BCUT2D eigenvalue weighted by molar-refractivity contribution is 7.11. The molecule has 7 heteroatoms. The number of rotatable bonds is 6. The second-order valence-electron chi connectivity index (χ2n) is 8.25. The van der Waals surface area contributed by atoms with Crippen LogP contribution in [0.2, 0.25) is 0 Å². The number of aryl methyl sites for hydroxylation is 3. The summed E-state index contributed by atoms with van der Waals surface area (Å²) in [6, 6.07) is 6.77. The first-order chi connectivity index (χ1) is 13.8. The summed E-state index contributed by atoms with van der Waals surface area (Å²) >= 11 is 1.83. The van der Waals surface area contributed by atoms with E-state index < -0.39 is 11.7 Å². The number of hydrogen-bond donors (Lipinski definition) is 2. The lowest BCUT2D eigenvalue weighted by Gasteiger charge is -2.19. The number of thiazole rings is 1. The lowest BCUT2D eigenvalue weighted by atomic mass is 10.0. The van der Waals surface area contributed by atoms with E-state index in [1.807, 2.05) is 32.1 Å². The molecule has 2 amide bonds. The summed E-state index contributed by atoms with van der Waals surface area (Å²) in [5.74, 6) is -0.118. The van der Waals surface area contributed by atoms with Crippen LogP contribution in [-0.2, 0) is 24.0 Å². The molecule has 0 radical (unpaired) electrons.